The zero-order valence-electron chi connectivity index (χ0n) is 58.6. The highest BCUT2D eigenvalue weighted by Gasteiger charge is 2.72. The molecule has 26 nitrogen and oxygen atoms in total. The van der Waals surface area contributed by atoms with Gasteiger partial charge < -0.3 is 110 Å². The molecular weight excluding hydrogens is 1340 g/mol. The number of carbonyl (C=O) groups is 4. The number of esters is 1. The number of carbonyl (C=O) groups excluding carboxylic acids is 3. The predicted molar refractivity (Wildman–Crippen MR) is 371 cm³/mol. The monoisotopic (exact) mass is 1440 g/mol. The fourth-order valence-electron chi connectivity index (χ4n) is 19.5. The summed E-state index contributed by atoms with van der Waals surface area (Å²) >= 11 is 5.59. The fraction of sp³-hybridized carbons (Fsp3) is 0.653. The number of hydrogen-bond donors (Lipinski definition) is 14. The molecule has 2 aromatic rings. The first-order valence-corrected chi connectivity index (χ1v) is 36.2. The van der Waals surface area contributed by atoms with E-state index in [2.05, 4.69) is 56.6 Å². The Balaban J connectivity index is 0.743. The molecular formula is C75H99N3O23S. The number of unbranched alkanes of at least 4 members (excludes halogenated alkanes) is 2. The maximum Gasteiger partial charge on any atom is 0.336 e. The van der Waals surface area contributed by atoms with Gasteiger partial charge in [0.05, 0.1) is 67.2 Å². The Morgan fingerprint density at radius 1 is 0.755 bits per heavy atom. The number of aldehydes is 1. The number of aromatic hydroxyl groups is 1. The molecule has 4 saturated carbocycles. The van der Waals surface area contributed by atoms with Crippen molar-refractivity contribution in [2.24, 2.45) is 56.2 Å². The van der Waals surface area contributed by atoms with E-state index in [1.165, 1.54) is 37.3 Å². The number of carboxylic acids is 1. The lowest BCUT2D eigenvalue weighted by molar-refractivity contribution is -0.365. The SMILES string of the molecule is CC1O[C@@H](OC2C(O)[C@@H](NC(=O)CCCCCNC(=S)Nc3ccc(-c4c5ccc(=O)cc-5oc5cc(O)ccc45)c(C(=O)O)c3)C(CO)O[C@H]2OC(=O)[C@]23CCC(C)(C)CC2C2=CCC4C5(C)CC[C@H](O)C(C)(C=O)[C@H]5CCC4(C)C2(C)CC3O)C(CO)C(O)[C@H]1O[C@@H]1OC[C@@H](O)C(O)C1O. The van der Waals surface area contributed by atoms with Crippen LogP contribution in [0.4, 0.5) is 5.69 Å². The van der Waals surface area contributed by atoms with E-state index in [0.29, 0.717) is 85.7 Å². The van der Waals surface area contributed by atoms with E-state index in [9.17, 15) is 75.3 Å². The Morgan fingerprint density at radius 2 is 1.50 bits per heavy atom. The topological polar surface area (TPSA) is 412 Å². The van der Waals surface area contributed by atoms with Gasteiger partial charge >= 0.3 is 11.9 Å². The Morgan fingerprint density at radius 3 is 2.23 bits per heavy atom. The van der Waals surface area contributed by atoms with E-state index in [1.807, 2.05) is 6.92 Å². The lowest BCUT2D eigenvalue weighted by atomic mass is 9.33. The molecule has 3 saturated heterocycles. The summed E-state index contributed by atoms with van der Waals surface area (Å²) in [5.74, 6) is -4.49. The van der Waals surface area contributed by atoms with Crippen LogP contribution in [0.2, 0.25) is 0 Å². The lowest BCUT2D eigenvalue weighted by Gasteiger charge is -2.71. The molecule has 2 aromatic carbocycles. The number of nitrogens with one attached hydrogen (secondary N) is 3. The number of anilines is 1. The molecule has 14 N–H and O–H groups in total. The molecule has 7 fully saturated rings. The number of ether oxygens (including phenoxy) is 6. The molecule has 4 heterocycles. The Labute approximate surface area is 596 Å². The van der Waals surface area contributed by atoms with Gasteiger partial charge in [-0.3, -0.25) is 14.4 Å². The maximum absolute atomic E-state index is 15.9. The van der Waals surface area contributed by atoms with Crippen molar-refractivity contribution in [2.75, 3.05) is 31.7 Å². The number of hydrogen-bond acceptors (Lipinski definition) is 23. The second kappa shape index (κ2) is 29.0. The zero-order chi connectivity index (χ0) is 73.5. The molecule has 24 atom stereocenters. The van der Waals surface area contributed by atoms with Crippen molar-refractivity contribution in [3.05, 3.63) is 82.0 Å². The summed E-state index contributed by atoms with van der Waals surface area (Å²) in [6, 6.07) is 11.9. The highest BCUT2D eigenvalue weighted by atomic mass is 32.1. The van der Waals surface area contributed by atoms with Crippen molar-refractivity contribution >= 4 is 58.1 Å². The molecule has 0 aromatic heterocycles. The second-order valence-corrected chi connectivity index (χ2v) is 32.2. The smallest absolute Gasteiger partial charge is 0.336 e. The molecule has 15 unspecified atom stereocenters. The van der Waals surface area contributed by atoms with Crippen LogP contribution in [0.15, 0.2) is 75.5 Å². The van der Waals surface area contributed by atoms with Crippen molar-refractivity contribution in [3.8, 4) is 28.2 Å². The van der Waals surface area contributed by atoms with E-state index >= 15 is 4.79 Å². The first-order chi connectivity index (χ1) is 48.3. The number of allylic oxidation sites excluding steroid dienone is 2. The number of fused-ring (bicyclic) bond motifs is 9. The third kappa shape index (κ3) is 13.3. The van der Waals surface area contributed by atoms with Gasteiger partial charge in [0.15, 0.2) is 29.2 Å². The quantitative estimate of drug-likeness (QED) is 0.0144. The minimum absolute atomic E-state index is 0.0713. The largest absolute Gasteiger partial charge is 0.508 e. The van der Waals surface area contributed by atoms with Gasteiger partial charge in [-0.25, -0.2) is 4.79 Å². The van der Waals surface area contributed by atoms with E-state index in [4.69, 9.17) is 45.1 Å². The third-order valence-electron chi connectivity index (χ3n) is 25.4. The van der Waals surface area contributed by atoms with Crippen LogP contribution >= 0.6 is 12.2 Å². The average Bonchev–Trinajstić information content (AvgIpc) is 0.671. The van der Waals surface area contributed by atoms with Gasteiger partial charge in [0.1, 0.15) is 65.4 Å². The van der Waals surface area contributed by atoms with Crippen molar-refractivity contribution in [1.29, 1.82) is 0 Å². The molecule has 0 radical (unpaired) electrons. The maximum atomic E-state index is 15.9. The Kier molecular flexibility index (Phi) is 21.5. The number of aromatic carboxylic acids is 1. The molecule has 0 bridgehead atoms. The van der Waals surface area contributed by atoms with Crippen LogP contribution in [0.5, 0.6) is 5.75 Å². The van der Waals surface area contributed by atoms with Gasteiger partial charge in [-0.15, -0.1) is 0 Å². The summed E-state index contributed by atoms with van der Waals surface area (Å²) in [6.45, 7) is 12.7. The molecule has 1 amide bonds. The van der Waals surface area contributed by atoms with Crippen LogP contribution in [0, 0.1) is 56.2 Å². The number of aliphatic hydroxyl groups is 9. The van der Waals surface area contributed by atoms with Gasteiger partial charge in [-0.1, -0.05) is 65.7 Å². The van der Waals surface area contributed by atoms with Crippen LogP contribution < -0.4 is 21.4 Å². The van der Waals surface area contributed by atoms with E-state index in [1.54, 1.807) is 24.3 Å². The first kappa shape index (κ1) is 75.6. The fourth-order valence-corrected chi connectivity index (χ4v) is 19.7. The van der Waals surface area contributed by atoms with Crippen molar-refractivity contribution in [3.63, 3.8) is 0 Å². The zero-order valence-corrected chi connectivity index (χ0v) is 59.4. The van der Waals surface area contributed by atoms with Gasteiger partial charge in [0, 0.05) is 47.3 Å². The molecule has 27 heteroatoms. The number of aliphatic hydroxyl groups excluding tert-OH is 9. The molecule has 10 aliphatic rings. The number of benzene rings is 3. The summed E-state index contributed by atoms with van der Waals surface area (Å²) in [5.41, 5.74) is -1.66. The summed E-state index contributed by atoms with van der Waals surface area (Å²) in [6.07, 6.45) is -12.1. The van der Waals surface area contributed by atoms with E-state index < -0.39 is 163 Å². The Hall–Kier alpha value is -6.12. The molecule has 12 rings (SSSR count). The number of thiocarbonyl (C=S) groups is 1. The highest BCUT2D eigenvalue weighted by molar-refractivity contribution is 7.80. The van der Waals surface area contributed by atoms with Crippen molar-refractivity contribution in [2.45, 2.75) is 224 Å². The number of amides is 1. The normalized spacial score (nSPS) is 39.4. The van der Waals surface area contributed by atoms with Crippen LogP contribution in [0.3, 0.4) is 0 Å². The molecule has 4 aliphatic heterocycles. The lowest BCUT2D eigenvalue weighted by Crippen LogP contribution is -2.69. The Bertz CT molecular complexity index is 3870. The minimum Gasteiger partial charge on any atom is -0.508 e. The highest BCUT2D eigenvalue weighted by Crippen LogP contribution is 2.76. The average molecular weight is 1440 g/mol. The van der Waals surface area contributed by atoms with E-state index in [-0.39, 0.29) is 75.1 Å². The minimum atomic E-state index is -1.89. The molecule has 558 valence electrons. The van der Waals surface area contributed by atoms with Gasteiger partial charge in [-0.2, -0.15) is 0 Å². The third-order valence-corrected chi connectivity index (χ3v) is 25.7. The molecule has 6 aliphatic carbocycles. The van der Waals surface area contributed by atoms with Crippen LogP contribution in [-0.4, -0.2) is 204 Å². The second-order valence-electron chi connectivity index (χ2n) is 31.8. The standard InChI is InChI=1S/C75H99N3O23S/c1-36-62(99-66-61(91)59(89)47(84)34-95-66)58(88)44(32-79)65(96-36)100-63-60(90)57(78-55(87)11-9-8-10-26-76-69(102)77-37-12-15-40(43(27-37)64(92)93)56-41-16-13-38(82)28-48(41)97-49-29-39(83)14-17-42(49)56)50(33-80)98-67(63)101-68(94)75-25-24-70(2,3)30-46(75)45-18-19-52-71(4)22-21-53(85)72(5,35-81)51(71)20-23-73(52,6)74(45,7)31-54(75)86/h12-18,27-29,35-36,44,46-47,50-54,57-63,65-67,79-80,82,84-86,88-91H,8-11,19-26,30-34H2,1-7H3,(H,78,87)(H,92,93)(H2,76,77,102)/t36?,44?,46?,47-,50?,51+,52?,53+,54?,57+,58?,59?,60?,61?,62+,63?,65+,66+,67+,71?,72?,73?,74?,75-/m1/s1. The van der Waals surface area contributed by atoms with Crippen LogP contribution in [-0.2, 0) is 42.8 Å². The summed E-state index contributed by atoms with van der Waals surface area (Å²) in [4.78, 5) is 68.1. The van der Waals surface area contributed by atoms with Gasteiger partial charge in [-0.05, 0) is 171 Å². The molecule has 102 heavy (non-hydrogen) atoms. The molecule has 0 spiro atoms. The number of carboxylic acid groups (broad SMARTS) is 1. The summed E-state index contributed by atoms with van der Waals surface area (Å²) in [5, 5.41) is 133. The van der Waals surface area contributed by atoms with Crippen molar-refractivity contribution in [1.82, 2.24) is 10.6 Å². The van der Waals surface area contributed by atoms with Crippen LogP contribution in [0.25, 0.3) is 33.4 Å². The van der Waals surface area contributed by atoms with Crippen LogP contribution in [0.1, 0.15) is 142 Å². The van der Waals surface area contributed by atoms with Gasteiger partial charge in [0.25, 0.3) is 0 Å². The number of phenolic OH excluding ortho intramolecular Hbond substituents is 1. The predicted octanol–water partition coefficient (Wildman–Crippen LogP) is 5.16. The summed E-state index contributed by atoms with van der Waals surface area (Å²) < 4.78 is 43.3. The summed E-state index contributed by atoms with van der Waals surface area (Å²) in [7, 11) is 0. The number of rotatable bonds is 19. The van der Waals surface area contributed by atoms with Crippen molar-refractivity contribution < 1.29 is 108 Å². The first-order valence-electron chi connectivity index (χ1n) is 35.8. The number of phenols is 1. The van der Waals surface area contributed by atoms with Gasteiger partial charge in [0.2, 0.25) is 12.2 Å². The van der Waals surface area contributed by atoms with E-state index in [0.717, 1.165) is 24.7 Å².